The van der Waals surface area contributed by atoms with E-state index in [4.69, 9.17) is 18.9 Å². The van der Waals surface area contributed by atoms with Crippen molar-refractivity contribution in [1.29, 1.82) is 0 Å². The molecule has 5 fully saturated rings. The van der Waals surface area contributed by atoms with Crippen molar-refractivity contribution in [3.63, 3.8) is 0 Å². The number of ether oxygens (including phenoxy) is 4. The molecule has 254 valence electrons. The number of Topliss-reactive ketones (excluding diaryl/α,β-unsaturated/α-hetero) is 1. The number of esters is 3. The zero-order valence-corrected chi connectivity index (χ0v) is 28.4. The average Bonchev–Trinajstić information content (AvgIpc) is 3.60. The van der Waals surface area contributed by atoms with Crippen molar-refractivity contribution in [3.05, 3.63) is 0 Å². The second-order valence-electron chi connectivity index (χ2n) is 15.9. The van der Waals surface area contributed by atoms with Crippen LogP contribution in [0.25, 0.3) is 0 Å². The summed E-state index contributed by atoms with van der Waals surface area (Å²) in [5.74, 6) is -0.967. The molecule has 1 heterocycles. The molecule has 4 aliphatic carbocycles. The molecule has 5 aliphatic rings. The smallest absolute Gasteiger partial charge is 0.303 e. The van der Waals surface area contributed by atoms with Gasteiger partial charge >= 0.3 is 17.9 Å². The molecule has 1 saturated heterocycles. The predicted molar refractivity (Wildman–Crippen MR) is 162 cm³/mol. The van der Waals surface area contributed by atoms with Gasteiger partial charge in [0, 0.05) is 44.9 Å². The van der Waals surface area contributed by atoms with Crippen LogP contribution < -0.4 is 0 Å². The molecule has 1 unspecified atom stereocenters. The highest BCUT2D eigenvalue weighted by molar-refractivity contribution is 5.79. The molecule has 0 aromatic carbocycles. The summed E-state index contributed by atoms with van der Waals surface area (Å²) in [7, 11) is 0. The topological polar surface area (TPSA) is 149 Å². The summed E-state index contributed by atoms with van der Waals surface area (Å²) >= 11 is 0. The highest BCUT2D eigenvalue weighted by Gasteiger charge is 2.88. The molecule has 10 nitrogen and oxygen atoms in total. The number of ketones is 1. The van der Waals surface area contributed by atoms with Crippen LogP contribution in [0, 0.1) is 46.3 Å². The molecule has 0 bridgehead atoms. The Labute approximate surface area is 267 Å². The lowest BCUT2D eigenvalue weighted by Gasteiger charge is -2.60. The Morgan fingerprint density at radius 3 is 2.29 bits per heavy atom. The van der Waals surface area contributed by atoms with Crippen molar-refractivity contribution in [2.45, 2.75) is 136 Å². The third-order valence-electron chi connectivity index (χ3n) is 13.7. The summed E-state index contributed by atoms with van der Waals surface area (Å²) in [6.07, 6.45) is 4.62. The van der Waals surface area contributed by atoms with Crippen LogP contribution >= 0.6 is 0 Å². The lowest BCUT2D eigenvalue weighted by molar-refractivity contribution is -0.168. The third-order valence-corrected chi connectivity index (χ3v) is 13.7. The van der Waals surface area contributed by atoms with Crippen LogP contribution in [0.4, 0.5) is 0 Å². The van der Waals surface area contributed by atoms with E-state index in [1.54, 1.807) is 13.8 Å². The maximum atomic E-state index is 12.7. The molecule has 2 N–H and O–H groups in total. The van der Waals surface area contributed by atoms with E-state index in [0.717, 1.165) is 32.1 Å². The lowest BCUT2D eigenvalue weighted by atomic mass is 9.44. The Hall–Kier alpha value is -2.04. The number of aliphatic hydroxyl groups excluding tert-OH is 1. The van der Waals surface area contributed by atoms with Gasteiger partial charge in [-0.05, 0) is 80.5 Å². The van der Waals surface area contributed by atoms with Crippen LogP contribution in [0.1, 0.15) is 107 Å². The molecular formula is C35H54O10. The first-order valence-electron chi connectivity index (χ1n) is 16.9. The van der Waals surface area contributed by atoms with Gasteiger partial charge in [0.15, 0.2) is 5.60 Å². The van der Waals surface area contributed by atoms with Gasteiger partial charge < -0.3 is 29.2 Å². The summed E-state index contributed by atoms with van der Waals surface area (Å²) in [4.78, 5) is 48.9. The van der Waals surface area contributed by atoms with Gasteiger partial charge in [-0.3, -0.25) is 19.2 Å². The number of epoxide rings is 1. The van der Waals surface area contributed by atoms with E-state index in [1.165, 1.54) is 20.8 Å². The van der Waals surface area contributed by atoms with Crippen molar-refractivity contribution >= 4 is 23.7 Å². The summed E-state index contributed by atoms with van der Waals surface area (Å²) in [6.45, 7) is 13.2. The van der Waals surface area contributed by atoms with Crippen molar-refractivity contribution in [3.8, 4) is 0 Å². The Kier molecular flexibility index (Phi) is 8.83. The van der Waals surface area contributed by atoms with Gasteiger partial charge in [0.1, 0.15) is 30.7 Å². The Bertz CT molecular complexity index is 1210. The molecular weight excluding hydrogens is 580 g/mol. The summed E-state index contributed by atoms with van der Waals surface area (Å²) in [6, 6.07) is 0. The summed E-state index contributed by atoms with van der Waals surface area (Å²) in [5, 5.41) is 23.5. The molecule has 0 radical (unpaired) electrons. The van der Waals surface area contributed by atoms with E-state index in [-0.39, 0.29) is 24.5 Å². The van der Waals surface area contributed by atoms with Crippen LogP contribution in [0.15, 0.2) is 0 Å². The van der Waals surface area contributed by atoms with Gasteiger partial charge in [-0.2, -0.15) is 0 Å². The van der Waals surface area contributed by atoms with E-state index < -0.39 is 64.2 Å². The standard InChI is InChI=1S/C35H54O10/c1-19(20(2)33(8,41)17-42-21(3)36)30(44-23(5)38)34(18-43-22(4)37)35(45-34)29(40)16-28-26-10-9-24-15-25(39)11-13-31(24,6)27(26)12-14-32(28,35)7/h19-20,24,26-30,40-41H,9-18H2,1-8H3/t19-,20-,24-,26+,27-,28-,29-,30+,31-,32-,33?,34-,35-/m0/s1. The fourth-order valence-electron chi connectivity index (χ4n) is 11.0. The van der Waals surface area contributed by atoms with E-state index >= 15 is 0 Å². The van der Waals surface area contributed by atoms with Crippen LogP contribution in [-0.4, -0.2) is 76.1 Å². The SMILES string of the molecule is CC(=O)OCC(C)(O)[C@@H](C)[C@H](C)[C@@H](OC(C)=O)[C@]1(COC(C)=O)O[C@]12[C@@H](O)C[C@H]1[C@@H]3CC[C@H]4CC(=O)CC[C@]4(C)[C@H]3CC[C@@]12C. The molecule has 5 rings (SSSR count). The van der Waals surface area contributed by atoms with E-state index in [0.29, 0.717) is 42.8 Å². The number of aliphatic hydroxyl groups is 2. The molecule has 0 aromatic heterocycles. The van der Waals surface area contributed by atoms with E-state index in [9.17, 15) is 29.4 Å². The van der Waals surface area contributed by atoms with Crippen molar-refractivity contribution < 1.29 is 48.3 Å². The van der Waals surface area contributed by atoms with Crippen molar-refractivity contribution in [1.82, 2.24) is 0 Å². The van der Waals surface area contributed by atoms with Crippen LogP contribution in [0.3, 0.4) is 0 Å². The minimum absolute atomic E-state index is 0.0931. The molecule has 1 spiro atoms. The highest BCUT2D eigenvalue weighted by atomic mass is 16.7. The lowest BCUT2D eigenvalue weighted by Crippen LogP contribution is -2.59. The van der Waals surface area contributed by atoms with Gasteiger partial charge in [-0.15, -0.1) is 0 Å². The van der Waals surface area contributed by atoms with Crippen LogP contribution in [0.2, 0.25) is 0 Å². The zero-order chi connectivity index (χ0) is 33.3. The first-order chi connectivity index (χ1) is 20.9. The monoisotopic (exact) mass is 634 g/mol. The Morgan fingerprint density at radius 1 is 1.00 bits per heavy atom. The Morgan fingerprint density at radius 2 is 1.67 bits per heavy atom. The van der Waals surface area contributed by atoms with Gasteiger partial charge in [0.25, 0.3) is 0 Å². The summed E-state index contributed by atoms with van der Waals surface area (Å²) in [5.41, 5.74) is -4.36. The second-order valence-corrected chi connectivity index (χ2v) is 15.9. The largest absolute Gasteiger partial charge is 0.463 e. The fraction of sp³-hybridized carbons (Fsp3) is 0.886. The Balaban J connectivity index is 1.52. The maximum Gasteiger partial charge on any atom is 0.303 e. The molecule has 1 aliphatic heterocycles. The summed E-state index contributed by atoms with van der Waals surface area (Å²) < 4.78 is 23.7. The van der Waals surface area contributed by atoms with Crippen molar-refractivity contribution in [2.75, 3.05) is 13.2 Å². The fourth-order valence-corrected chi connectivity index (χ4v) is 11.0. The van der Waals surface area contributed by atoms with E-state index in [1.807, 2.05) is 6.92 Å². The van der Waals surface area contributed by atoms with Gasteiger partial charge in [0.05, 0.1) is 11.7 Å². The first kappa shape index (κ1) is 34.3. The first-order valence-corrected chi connectivity index (χ1v) is 16.9. The van der Waals surface area contributed by atoms with Gasteiger partial charge in [0.2, 0.25) is 0 Å². The molecule has 0 aromatic rings. The predicted octanol–water partition coefficient (Wildman–Crippen LogP) is 4.16. The third kappa shape index (κ3) is 5.25. The number of hydrogen-bond acceptors (Lipinski definition) is 10. The van der Waals surface area contributed by atoms with E-state index in [2.05, 4.69) is 13.8 Å². The highest BCUT2D eigenvalue weighted by Crippen LogP contribution is 2.77. The maximum absolute atomic E-state index is 12.7. The second kappa shape index (κ2) is 11.6. The molecule has 4 saturated carbocycles. The average molecular weight is 635 g/mol. The number of carbonyl (C=O) groups is 4. The minimum atomic E-state index is -1.47. The van der Waals surface area contributed by atoms with Gasteiger partial charge in [-0.25, -0.2) is 0 Å². The molecule has 45 heavy (non-hydrogen) atoms. The normalized spacial score (nSPS) is 43.5. The molecule has 0 amide bonds. The molecule has 13 atom stereocenters. The quantitative estimate of drug-likeness (QED) is 0.215. The zero-order valence-electron chi connectivity index (χ0n) is 28.4. The molecule has 10 heteroatoms. The van der Waals surface area contributed by atoms with Crippen LogP contribution in [-0.2, 0) is 38.1 Å². The van der Waals surface area contributed by atoms with Gasteiger partial charge in [-0.1, -0.05) is 27.7 Å². The minimum Gasteiger partial charge on any atom is -0.463 e. The number of carbonyl (C=O) groups excluding carboxylic acids is 4. The van der Waals surface area contributed by atoms with Crippen molar-refractivity contribution in [2.24, 2.45) is 46.3 Å². The number of rotatable bonds is 9. The van der Waals surface area contributed by atoms with Crippen LogP contribution in [0.5, 0.6) is 0 Å². The number of fused-ring (bicyclic) bond motifs is 6. The number of hydrogen-bond donors (Lipinski definition) is 2.